The van der Waals surface area contributed by atoms with Crippen molar-refractivity contribution in [2.45, 2.75) is 12.8 Å². The summed E-state index contributed by atoms with van der Waals surface area (Å²) in [6.07, 6.45) is 0.852. The summed E-state index contributed by atoms with van der Waals surface area (Å²) in [5, 5.41) is 24.7. The number of rotatable bonds is 5. The van der Waals surface area contributed by atoms with Gasteiger partial charge in [-0.15, -0.1) is 5.10 Å². The first-order valence-electron chi connectivity index (χ1n) is 7.22. The van der Waals surface area contributed by atoms with Gasteiger partial charge in [-0.25, -0.2) is 0 Å². The number of H-pyrrole nitrogens is 1. The standard InChI is InChI=1S/C14H16N6O3/c21-11-3-1-9(2-4-11)5-6-20-8-10(7-12(20)22)13(23)15-14-16-18-19-17-14/h1-4,10,21H,5-8H2,(H2,15,16,17,18,19,23)/t10-/m0/s1. The molecule has 0 saturated carbocycles. The maximum Gasteiger partial charge on any atom is 0.269 e. The molecule has 1 atom stereocenters. The smallest absolute Gasteiger partial charge is 0.269 e. The zero-order chi connectivity index (χ0) is 16.2. The van der Waals surface area contributed by atoms with Crippen molar-refractivity contribution in [1.82, 2.24) is 25.5 Å². The number of benzene rings is 1. The number of carbonyl (C=O) groups excluding carboxylic acids is 2. The number of likely N-dealkylation sites (tertiary alicyclic amines) is 1. The first-order valence-corrected chi connectivity index (χ1v) is 7.22. The fourth-order valence-electron chi connectivity index (χ4n) is 2.52. The molecule has 1 aliphatic rings. The molecule has 9 heteroatoms. The van der Waals surface area contributed by atoms with E-state index in [2.05, 4.69) is 25.9 Å². The van der Waals surface area contributed by atoms with Crippen LogP contribution in [-0.4, -0.2) is 55.5 Å². The van der Waals surface area contributed by atoms with Crippen LogP contribution in [0.4, 0.5) is 5.95 Å². The second kappa shape index (κ2) is 6.42. The number of aromatic hydroxyl groups is 1. The highest BCUT2D eigenvalue weighted by Gasteiger charge is 2.34. The minimum absolute atomic E-state index is 0.0444. The molecule has 1 aliphatic heterocycles. The maximum absolute atomic E-state index is 12.1. The molecule has 1 fully saturated rings. The number of hydrogen-bond donors (Lipinski definition) is 3. The Hall–Kier alpha value is -2.97. The van der Waals surface area contributed by atoms with Gasteiger partial charge in [-0.2, -0.15) is 5.21 Å². The van der Waals surface area contributed by atoms with Crippen molar-refractivity contribution < 1.29 is 14.7 Å². The van der Waals surface area contributed by atoms with E-state index in [1.807, 2.05) is 12.1 Å². The van der Waals surface area contributed by atoms with Gasteiger partial charge < -0.3 is 10.0 Å². The van der Waals surface area contributed by atoms with Gasteiger partial charge in [-0.1, -0.05) is 17.2 Å². The number of carbonyl (C=O) groups is 2. The van der Waals surface area contributed by atoms with Gasteiger partial charge in [0.05, 0.1) is 5.92 Å². The summed E-state index contributed by atoms with van der Waals surface area (Å²) in [5.41, 5.74) is 1.02. The van der Waals surface area contributed by atoms with Crippen LogP contribution in [-0.2, 0) is 16.0 Å². The highest BCUT2D eigenvalue weighted by atomic mass is 16.3. The lowest BCUT2D eigenvalue weighted by molar-refractivity contribution is -0.128. The first-order chi connectivity index (χ1) is 11.1. The van der Waals surface area contributed by atoms with E-state index < -0.39 is 5.92 Å². The maximum atomic E-state index is 12.1. The SMILES string of the molecule is O=C(Nc1nn[nH]n1)[C@H]1CC(=O)N(CCc2ccc(O)cc2)C1. The van der Waals surface area contributed by atoms with E-state index in [0.717, 1.165) is 5.56 Å². The lowest BCUT2D eigenvalue weighted by atomic mass is 10.1. The largest absolute Gasteiger partial charge is 0.508 e. The summed E-state index contributed by atoms with van der Waals surface area (Å²) in [5.74, 6) is -0.432. The van der Waals surface area contributed by atoms with Gasteiger partial charge in [-0.05, 0) is 29.3 Å². The number of anilines is 1. The third-order valence-electron chi connectivity index (χ3n) is 3.77. The van der Waals surface area contributed by atoms with Crippen molar-refractivity contribution in [3.05, 3.63) is 29.8 Å². The predicted octanol–water partition coefficient (Wildman–Crippen LogP) is -0.0650. The fourth-order valence-corrected chi connectivity index (χ4v) is 2.52. The van der Waals surface area contributed by atoms with Gasteiger partial charge in [-0.3, -0.25) is 14.9 Å². The number of hydrogen-bond acceptors (Lipinski definition) is 6. The van der Waals surface area contributed by atoms with E-state index in [9.17, 15) is 14.7 Å². The summed E-state index contributed by atoms with van der Waals surface area (Å²) in [7, 11) is 0. The molecular formula is C14H16N6O3. The molecule has 2 amide bonds. The van der Waals surface area contributed by atoms with E-state index in [1.165, 1.54) is 0 Å². The van der Waals surface area contributed by atoms with Crippen molar-refractivity contribution in [2.24, 2.45) is 5.92 Å². The Morgan fingerprint density at radius 2 is 2.17 bits per heavy atom. The summed E-state index contributed by atoms with van der Waals surface area (Å²) in [4.78, 5) is 25.8. The van der Waals surface area contributed by atoms with Crippen LogP contribution in [0.1, 0.15) is 12.0 Å². The molecule has 120 valence electrons. The van der Waals surface area contributed by atoms with E-state index >= 15 is 0 Å². The molecule has 0 spiro atoms. The highest BCUT2D eigenvalue weighted by Crippen LogP contribution is 2.20. The number of nitrogens with zero attached hydrogens (tertiary/aromatic N) is 4. The van der Waals surface area contributed by atoms with Gasteiger partial charge in [0.25, 0.3) is 5.95 Å². The lowest BCUT2D eigenvalue weighted by Crippen LogP contribution is -2.30. The number of aromatic amines is 1. The van der Waals surface area contributed by atoms with Crippen LogP contribution in [0.15, 0.2) is 24.3 Å². The molecule has 3 N–H and O–H groups in total. The Morgan fingerprint density at radius 1 is 1.39 bits per heavy atom. The predicted molar refractivity (Wildman–Crippen MR) is 79.3 cm³/mol. The van der Waals surface area contributed by atoms with E-state index in [4.69, 9.17) is 0 Å². The molecule has 1 aromatic heterocycles. The summed E-state index contributed by atoms with van der Waals surface area (Å²) in [6.45, 7) is 0.913. The van der Waals surface area contributed by atoms with Crippen LogP contribution in [0.25, 0.3) is 0 Å². The fraction of sp³-hybridized carbons (Fsp3) is 0.357. The highest BCUT2D eigenvalue weighted by molar-refractivity contribution is 5.96. The van der Waals surface area contributed by atoms with Gasteiger partial charge in [0.1, 0.15) is 5.75 Å². The van der Waals surface area contributed by atoms with Crippen molar-refractivity contribution in [3.63, 3.8) is 0 Å². The lowest BCUT2D eigenvalue weighted by Gasteiger charge is -2.16. The zero-order valence-electron chi connectivity index (χ0n) is 12.3. The molecule has 0 aliphatic carbocycles. The summed E-state index contributed by atoms with van der Waals surface area (Å²) >= 11 is 0. The van der Waals surface area contributed by atoms with Crippen molar-refractivity contribution in [1.29, 1.82) is 0 Å². The second-order valence-corrected chi connectivity index (χ2v) is 5.38. The average Bonchev–Trinajstić information content (AvgIpc) is 3.16. The third kappa shape index (κ3) is 3.62. The number of aromatic nitrogens is 4. The van der Waals surface area contributed by atoms with Crippen LogP contribution >= 0.6 is 0 Å². The van der Waals surface area contributed by atoms with Gasteiger partial charge in [0.15, 0.2) is 0 Å². The minimum Gasteiger partial charge on any atom is -0.508 e. The molecular weight excluding hydrogens is 300 g/mol. The Morgan fingerprint density at radius 3 is 2.87 bits per heavy atom. The molecule has 3 rings (SSSR count). The van der Waals surface area contributed by atoms with Crippen molar-refractivity contribution in [2.75, 3.05) is 18.4 Å². The van der Waals surface area contributed by atoms with E-state index in [0.29, 0.717) is 19.5 Å². The third-order valence-corrected chi connectivity index (χ3v) is 3.77. The Balaban J connectivity index is 1.52. The Kier molecular flexibility index (Phi) is 4.18. The minimum atomic E-state index is -0.416. The first kappa shape index (κ1) is 14.9. The van der Waals surface area contributed by atoms with Crippen LogP contribution < -0.4 is 5.32 Å². The van der Waals surface area contributed by atoms with E-state index in [1.54, 1.807) is 17.0 Å². The normalized spacial score (nSPS) is 17.5. The van der Waals surface area contributed by atoms with Gasteiger partial charge >= 0.3 is 0 Å². The van der Waals surface area contributed by atoms with Crippen LogP contribution in [0.3, 0.4) is 0 Å². The van der Waals surface area contributed by atoms with Crippen molar-refractivity contribution >= 4 is 17.8 Å². The number of nitrogens with one attached hydrogen (secondary N) is 2. The van der Waals surface area contributed by atoms with Crippen LogP contribution in [0, 0.1) is 5.92 Å². The molecule has 2 heterocycles. The van der Waals surface area contributed by atoms with Gasteiger partial charge in [0, 0.05) is 19.5 Å². The van der Waals surface area contributed by atoms with E-state index in [-0.39, 0.29) is 29.9 Å². The molecule has 9 nitrogen and oxygen atoms in total. The molecule has 23 heavy (non-hydrogen) atoms. The van der Waals surface area contributed by atoms with Crippen LogP contribution in [0.5, 0.6) is 5.75 Å². The molecule has 1 saturated heterocycles. The van der Waals surface area contributed by atoms with Crippen molar-refractivity contribution in [3.8, 4) is 5.75 Å². The summed E-state index contributed by atoms with van der Waals surface area (Å²) < 4.78 is 0. The number of phenols is 1. The molecule has 1 aromatic carbocycles. The summed E-state index contributed by atoms with van der Waals surface area (Å²) in [6, 6.07) is 6.86. The number of amides is 2. The average molecular weight is 316 g/mol. The van der Waals surface area contributed by atoms with Gasteiger partial charge in [0.2, 0.25) is 11.8 Å². The Bertz CT molecular complexity index is 685. The quantitative estimate of drug-likeness (QED) is 0.709. The molecule has 0 unspecified atom stereocenters. The number of phenolic OH excluding ortho intramolecular Hbond substituents is 1. The monoisotopic (exact) mass is 316 g/mol. The molecule has 2 aromatic rings. The number of tetrazole rings is 1. The molecule has 0 bridgehead atoms. The zero-order valence-corrected chi connectivity index (χ0v) is 12.3. The second-order valence-electron chi connectivity index (χ2n) is 5.38. The molecule has 0 radical (unpaired) electrons. The van der Waals surface area contributed by atoms with Crippen LogP contribution in [0.2, 0.25) is 0 Å². The topological polar surface area (TPSA) is 124 Å². The Labute approximate surface area is 131 Å².